The zero-order chi connectivity index (χ0) is 28.5. The highest BCUT2D eigenvalue weighted by Crippen LogP contribution is 2.27. The highest BCUT2D eigenvalue weighted by atomic mass is 16.3. The number of aromatic hydroxyl groups is 2. The normalized spacial score (nSPS) is 15.1. The average Bonchev–Trinajstić information content (AvgIpc) is 3.28. The Morgan fingerprint density at radius 1 is 1.00 bits per heavy atom. The van der Waals surface area contributed by atoms with Crippen molar-refractivity contribution in [3.05, 3.63) is 83.4 Å². The molecule has 1 aliphatic heterocycles. The minimum absolute atomic E-state index is 0.0232. The summed E-state index contributed by atoms with van der Waals surface area (Å²) in [6.07, 6.45) is 5.28. The van der Waals surface area contributed by atoms with Crippen molar-refractivity contribution in [1.82, 2.24) is 5.32 Å². The Labute approximate surface area is 234 Å². The summed E-state index contributed by atoms with van der Waals surface area (Å²) in [5, 5.41) is 36.7. The number of hydrogen-bond acceptors (Lipinski definition) is 7. The number of unbranched alkanes of at least 4 members (excludes halogenated alkanes) is 3. The van der Waals surface area contributed by atoms with E-state index >= 15 is 0 Å². The van der Waals surface area contributed by atoms with Gasteiger partial charge >= 0.3 is 0 Å². The third kappa shape index (κ3) is 7.11. The third-order valence-electron chi connectivity index (χ3n) is 6.77. The van der Waals surface area contributed by atoms with Crippen molar-refractivity contribution < 1.29 is 19.8 Å². The Hall–Kier alpha value is -4.53. The van der Waals surface area contributed by atoms with Crippen LogP contribution in [0.2, 0.25) is 0 Å². The molecule has 9 nitrogen and oxygen atoms in total. The van der Waals surface area contributed by atoms with Gasteiger partial charge in [0.05, 0.1) is 11.4 Å². The van der Waals surface area contributed by atoms with Crippen molar-refractivity contribution in [1.29, 1.82) is 0 Å². The monoisotopic (exact) mass is 541 g/mol. The van der Waals surface area contributed by atoms with Crippen molar-refractivity contribution in [3.63, 3.8) is 0 Å². The quantitative estimate of drug-likeness (QED) is 0.153. The van der Waals surface area contributed by atoms with Crippen LogP contribution in [-0.2, 0) is 22.4 Å². The molecule has 3 aromatic carbocycles. The second-order valence-electron chi connectivity index (χ2n) is 9.84. The van der Waals surface area contributed by atoms with Crippen LogP contribution in [0, 0.1) is 6.92 Å². The minimum atomic E-state index is -1.15. The van der Waals surface area contributed by atoms with Gasteiger partial charge in [-0.3, -0.25) is 9.59 Å². The first-order chi connectivity index (χ1) is 19.4. The number of rotatable bonds is 12. The molecule has 0 saturated carbocycles. The first-order valence-corrected chi connectivity index (χ1v) is 13.6. The van der Waals surface area contributed by atoms with Crippen LogP contribution >= 0.6 is 0 Å². The molecule has 208 valence electrons. The highest BCUT2D eigenvalue weighted by molar-refractivity contribution is 6.47. The summed E-state index contributed by atoms with van der Waals surface area (Å²) in [4.78, 5) is 26.4. The van der Waals surface area contributed by atoms with Gasteiger partial charge in [0.1, 0.15) is 11.5 Å². The fraction of sp³-hybridized carbons (Fsp3) is 0.323. The fourth-order valence-corrected chi connectivity index (χ4v) is 4.44. The maximum atomic E-state index is 13.4. The van der Waals surface area contributed by atoms with E-state index in [1.807, 2.05) is 37.3 Å². The lowest BCUT2D eigenvalue weighted by Crippen LogP contribution is -2.39. The average molecular weight is 542 g/mol. The molecule has 1 unspecified atom stereocenters. The maximum absolute atomic E-state index is 13.4. The van der Waals surface area contributed by atoms with E-state index in [0.717, 1.165) is 36.8 Å². The number of amides is 2. The number of azo groups is 1. The fourth-order valence-electron chi connectivity index (χ4n) is 4.44. The van der Waals surface area contributed by atoms with E-state index in [4.69, 9.17) is 0 Å². The molecular weight excluding hydrogens is 506 g/mol. The predicted molar refractivity (Wildman–Crippen MR) is 155 cm³/mol. The Morgan fingerprint density at radius 2 is 1.77 bits per heavy atom. The Bertz CT molecular complexity index is 1400. The van der Waals surface area contributed by atoms with Crippen LogP contribution in [0.5, 0.6) is 11.5 Å². The summed E-state index contributed by atoms with van der Waals surface area (Å²) in [5.41, 5.74) is 3.68. The van der Waals surface area contributed by atoms with E-state index in [0.29, 0.717) is 36.3 Å². The van der Waals surface area contributed by atoms with Crippen molar-refractivity contribution in [2.75, 3.05) is 11.6 Å². The van der Waals surface area contributed by atoms with Crippen LogP contribution in [0.1, 0.15) is 49.3 Å². The standard InChI is InChI=1S/C31H35N5O4/c1-3-4-5-8-19-32-30(39)28-29(31(40)36(35-28)26-10-7-6-9-21(26)2)34-33-24-15-12-22(13-16-24)11-14-23-20-25(37)17-18-27(23)38/h6-7,9-10,12-13,15-18,20,29,37-38H,3-5,8,11,14,19H2,1-2H3,(H,32,39). The molecule has 3 N–H and O–H groups in total. The number of carbonyl (C=O) groups excluding carboxylic acids is 2. The number of para-hydroxylation sites is 1. The van der Waals surface area contributed by atoms with Gasteiger partial charge in [0, 0.05) is 6.54 Å². The molecule has 1 heterocycles. The van der Waals surface area contributed by atoms with Crippen LogP contribution in [0.15, 0.2) is 82.1 Å². The lowest BCUT2D eigenvalue weighted by atomic mass is 10.0. The smallest absolute Gasteiger partial charge is 0.280 e. The first-order valence-electron chi connectivity index (χ1n) is 13.6. The predicted octanol–water partition coefficient (Wildman–Crippen LogP) is 5.74. The second-order valence-corrected chi connectivity index (χ2v) is 9.84. The van der Waals surface area contributed by atoms with Gasteiger partial charge in [-0.25, -0.2) is 0 Å². The molecule has 9 heteroatoms. The van der Waals surface area contributed by atoms with Gasteiger partial charge in [-0.05, 0) is 79.3 Å². The first kappa shape index (κ1) is 28.5. The lowest BCUT2D eigenvalue weighted by Gasteiger charge is -2.14. The van der Waals surface area contributed by atoms with Gasteiger partial charge in [-0.2, -0.15) is 20.3 Å². The number of nitrogens with zero attached hydrogens (tertiary/aromatic N) is 4. The zero-order valence-corrected chi connectivity index (χ0v) is 22.9. The molecule has 1 atom stereocenters. The number of hydrazone groups is 1. The summed E-state index contributed by atoms with van der Waals surface area (Å²) in [5.74, 6) is -0.599. The van der Waals surface area contributed by atoms with E-state index in [-0.39, 0.29) is 17.2 Å². The van der Waals surface area contributed by atoms with Gasteiger partial charge in [0.15, 0.2) is 5.71 Å². The van der Waals surface area contributed by atoms with Crippen molar-refractivity contribution in [3.8, 4) is 11.5 Å². The highest BCUT2D eigenvalue weighted by Gasteiger charge is 2.41. The van der Waals surface area contributed by atoms with Crippen LogP contribution in [-0.4, -0.2) is 40.3 Å². The zero-order valence-electron chi connectivity index (χ0n) is 22.9. The minimum Gasteiger partial charge on any atom is -0.508 e. The summed E-state index contributed by atoms with van der Waals surface area (Å²) in [6, 6.07) is 18.0. The molecule has 0 fully saturated rings. The number of aryl methyl sites for hydroxylation is 3. The molecule has 40 heavy (non-hydrogen) atoms. The van der Waals surface area contributed by atoms with Crippen molar-refractivity contribution in [2.45, 2.75) is 58.4 Å². The molecule has 2 amide bonds. The summed E-state index contributed by atoms with van der Waals surface area (Å²) in [6.45, 7) is 4.51. The van der Waals surface area contributed by atoms with E-state index in [9.17, 15) is 19.8 Å². The number of carbonyl (C=O) groups is 2. The maximum Gasteiger partial charge on any atom is 0.280 e. The van der Waals surface area contributed by atoms with Crippen LogP contribution in [0.3, 0.4) is 0 Å². The topological polar surface area (TPSA) is 127 Å². The third-order valence-corrected chi connectivity index (χ3v) is 6.77. The van der Waals surface area contributed by atoms with E-state index < -0.39 is 17.9 Å². The van der Waals surface area contributed by atoms with Crippen LogP contribution in [0.25, 0.3) is 0 Å². The largest absolute Gasteiger partial charge is 0.508 e. The van der Waals surface area contributed by atoms with Gasteiger partial charge < -0.3 is 15.5 Å². The molecule has 0 aliphatic carbocycles. The molecule has 1 aliphatic rings. The summed E-state index contributed by atoms with van der Waals surface area (Å²) in [7, 11) is 0. The van der Waals surface area contributed by atoms with Gasteiger partial charge in [-0.1, -0.05) is 56.5 Å². The molecule has 0 aromatic heterocycles. The number of anilines is 1. The number of nitrogens with one attached hydrogen (secondary N) is 1. The van der Waals surface area contributed by atoms with Crippen LogP contribution < -0.4 is 10.3 Å². The van der Waals surface area contributed by atoms with Crippen molar-refractivity contribution in [2.24, 2.45) is 15.3 Å². The molecule has 4 rings (SSSR count). The SMILES string of the molecule is CCCCCCNC(=O)C1=NN(c2ccccc2C)C(=O)C1N=Nc1ccc(CCc2cc(O)ccc2O)cc1. The van der Waals surface area contributed by atoms with Gasteiger partial charge in [0.25, 0.3) is 11.8 Å². The molecule has 3 aromatic rings. The van der Waals surface area contributed by atoms with E-state index in [1.165, 1.54) is 17.1 Å². The second kappa shape index (κ2) is 13.5. The van der Waals surface area contributed by atoms with Crippen LogP contribution in [0.4, 0.5) is 11.4 Å². The Balaban J connectivity index is 1.47. The molecular formula is C31H35N5O4. The summed E-state index contributed by atoms with van der Waals surface area (Å²) >= 11 is 0. The number of hydrogen-bond donors (Lipinski definition) is 3. The Morgan fingerprint density at radius 3 is 2.52 bits per heavy atom. The number of benzene rings is 3. The molecule has 0 spiro atoms. The molecule has 0 saturated heterocycles. The number of phenolic OH excluding ortho intramolecular Hbond substituents is 2. The van der Waals surface area contributed by atoms with E-state index in [2.05, 4.69) is 27.6 Å². The molecule has 0 bridgehead atoms. The summed E-state index contributed by atoms with van der Waals surface area (Å²) < 4.78 is 0. The number of phenols is 2. The molecule has 0 radical (unpaired) electrons. The lowest BCUT2D eigenvalue weighted by molar-refractivity contribution is -0.119. The van der Waals surface area contributed by atoms with Gasteiger partial charge in [0.2, 0.25) is 6.04 Å². The Kier molecular flexibility index (Phi) is 9.62. The van der Waals surface area contributed by atoms with Crippen molar-refractivity contribution >= 4 is 28.9 Å². The van der Waals surface area contributed by atoms with Gasteiger partial charge in [-0.15, -0.1) is 0 Å². The van der Waals surface area contributed by atoms with E-state index in [1.54, 1.807) is 24.3 Å².